The van der Waals surface area contributed by atoms with Crippen molar-refractivity contribution in [3.63, 3.8) is 0 Å². The van der Waals surface area contributed by atoms with Crippen molar-refractivity contribution in [1.82, 2.24) is 15.0 Å². The number of furan rings is 1. The molecule has 3 heterocycles. The molecule has 0 radical (unpaired) electrons. The molecule has 0 aliphatic carbocycles. The van der Waals surface area contributed by atoms with E-state index in [1.54, 1.807) is 23.7 Å². The molecule has 0 spiro atoms. The molecule has 0 bridgehead atoms. The second kappa shape index (κ2) is 6.18. The highest BCUT2D eigenvalue weighted by Gasteiger charge is 2.23. The van der Waals surface area contributed by atoms with Crippen LogP contribution in [0.4, 0.5) is 22.5 Å². The van der Waals surface area contributed by atoms with Crippen LogP contribution in [0.25, 0.3) is 0 Å². The van der Waals surface area contributed by atoms with Gasteiger partial charge in [-0.05, 0) is 12.1 Å². The summed E-state index contributed by atoms with van der Waals surface area (Å²) in [6.07, 6.45) is 4.37. The van der Waals surface area contributed by atoms with Crippen molar-refractivity contribution < 1.29 is 9.34 Å². The van der Waals surface area contributed by atoms with E-state index in [4.69, 9.17) is 4.42 Å². The summed E-state index contributed by atoms with van der Waals surface area (Å²) >= 11 is 1.31. The van der Waals surface area contributed by atoms with Crippen molar-refractivity contribution in [3.05, 3.63) is 52.2 Å². The standard InChI is InChI=1S/C12H10N6O3S/c19-18(20)9-10(14-6-8-2-1-4-21-8)15-7-16-11(9)17-12-13-3-5-22-12/h1-5,7H,6H2,(H2,13,14,15,16,17). The zero-order chi connectivity index (χ0) is 15.4. The van der Waals surface area contributed by atoms with E-state index in [1.807, 2.05) is 0 Å². The zero-order valence-electron chi connectivity index (χ0n) is 11.1. The molecule has 3 aromatic heterocycles. The first kappa shape index (κ1) is 13.9. The first-order chi connectivity index (χ1) is 10.7. The number of thiazole rings is 1. The molecule has 3 rings (SSSR count). The van der Waals surface area contributed by atoms with Gasteiger partial charge >= 0.3 is 5.69 Å². The molecule has 0 unspecified atom stereocenters. The van der Waals surface area contributed by atoms with Gasteiger partial charge in [0.25, 0.3) is 0 Å². The van der Waals surface area contributed by atoms with E-state index >= 15 is 0 Å². The Labute approximate surface area is 128 Å². The van der Waals surface area contributed by atoms with Crippen molar-refractivity contribution >= 4 is 33.8 Å². The van der Waals surface area contributed by atoms with Gasteiger partial charge < -0.3 is 15.1 Å². The van der Waals surface area contributed by atoms with Crippen LogP contribution in [0.3, 0.4) is 0 Å². The number of nitrogens with one attached hydrogen (secondary N) is 2. The number of nitrogens with zero attached hydrogens (tertiary/aromatic N) is 4. The van der Waals surface area contributed by atoms with Gasteiger partial charge in [0.05, 0.1) is 17.7 Å². The Balaban J connectivity index is 1.87. The summed E-state index contributed by atoms with van der Waals surface area (Å²) in [5.74, 6) is 0.828. The third-order valence-electron chi connectivity index (χ3n) is 2.67. The largest absolute Gasteiger partial charge is 0.467 e. The molecule has 22 heavy (non-hydrogen) atoms. The van der Waals surface area contributed by atoms with Gasteiger partial charge in [0, 0.05) is 11.6 Å². The maximum absolute atomic E-state index is 11.3. The lowest BCUT2D eigenvalue weighted by molar-refractivity contribution is -0.383. The third kappa shape index (κ3) is 3.01. The molecule has 2 N–H and O–H groups in total. The minimum Gasteiger partial charge on any atom is -0.467 e. The highest BCUT2D eigenvalue weighted by Crippen LogP contribution is 2.31. The fourth-order valence-corrected chi connectivity index (χ4v) is 2.27. The maximum Gasteiger partial charge on any atom is 0.353 e. The Kier molecular flexibility index (Phi) is 3.92. The SMILES string of the molecule is O=[N+]([O-])c1c(NCc2ccco2)ncnc1Nc1nccs1. The number of rotatable bonds is 6. The Morgan fingerprint density at radius 2 is 2.18 bits per heavy atom. The van der Waals surface area contributed by atoms with Crippen LogP contribution in [-0.4, -0.2) is 19.9 Å². The number of aromatic nitrogens is 3. The lowest BCUT2D eigenvalue weighted by atomic mass is 10.4. The van der Waals surface area contributed by atoms with Crippen molar-refractivity contribution in [2.24, 2.45) is 0 Å². The predicted octanol–water partition coefficient (Wildman–Crippen LogP) is 2.79. The first-order valence-corrected chi connectivity index (χ1v) is 7.04. The molecule has 0 aliphatic rings. The van der Waals surface area contributed by atoms with Crippen LogP contribution in [0.1, 0.15) is 5.76 Å². The minimum absolute atomic E-state index is 0.0805. The molecule has 0 fully saturated rings. The topological polar surface area (TPSA) is 119 Å². The molecule has 0 atom stereocenters. The molecule has 112 valence electrons. The van der Waals surface area contributed by atoms with Crippen LogP contribution in [0.15, 0.2) is 40.7 Å². The third-order valence-corrected chi connectivity index (χ3v) is 3.36. The van der Waals surface area contributed by atoms with Gasteiger partial charge in [-0.2, -0.15) is 0 Å². The predicted molar refractivity (Wildman–Crippen MR) is 80.1 cm³/mol. The molecule has 0 aliphatic heterocycles. The van der Waals surface area contributed by atoms with Gasteiger partial charge in [0.1, 0.15) is 12.1 Å². The summed E-state index contributed by atoms with van der Waals surface area (Å²) in [7, 11) is 0. The van der Waals surface area contributed by atoms with Gasteiger partial charge in [0.15, 0.2) is 5.13 Å². The lowest BCUT2D eigenvalue weighted by Gasteiger charge is -2.07. The monoisotopic (exact) mass is 318 g/mol. The molecule has 0 saturated heterocycles. The van der Waals surface area contributed by atoms with E-state index < -0.39 is 4.92 Å². The molecule has 0 saturated carbocycles. The van der Waals surface area contributed by atoms with Gasteiger partial charge in [-0.15, -0.1) is 11.3 Å². The van der Waals surface area contributed by atoms with Crippen molar-refractivity contribution in [1.29, 1.82) is 0 Å². The second-order valence-corrected chi connectivity index (χ2v) is 4.97. The Bertz CT molecular complexity index is 759. The number of anilines is 3. The molecule has 3 aromatic rings. The van der Waals surface area contributed by atoms with E-state index in [1.165, 1.54) is 23.9 Å². The fourth-order valence-electron chi connectivity index (χ4n) is 1.74. The van der Waals surface area contributed by atoms with Gasteiger partial charge in [-0.3, -0.25) is 10.1 Å². The number of hydrogen-bond acceptors (Lipinski definition) is 9. The number of hydrogen-bond donors (Lipinski definition) is 2. The molecular formula is C12H10N6O3S. The van der Waals surface area contributed by atoms with Crippen LogP contribution in [0.5, 0.6) is 0 Å². The highest BCUT2D eigenvalue weighted by molar-refractivity contribution is 7.13. The summed E-state index contributed by atoms with van der Waals surface area (Å²) < 4.78 is 5.17. The summed E-state index contributed by atoms with van der Waals surface area (Å²) in [6.45, 7) is 0.279. The Hall–Kier alpha value is -3.01. The Morgan fingerprint density at radius 1 is 1.32 bits per heavy atom. The fraction of sp³-hybridized carbons (Fsp3) is 0.0833. The molecular weight excluding hydrogens is 308 g/mol. The average Bonchev–Trinajstić information content (AvgIpc) is 3.18. The smallest absolute Gasteiger partial charge is 0.353 e. The average molecular weight is 318 g/mol. The van der Waals surface area contributed by atoms with Gasteiger partial charge in [-0.1, -0.05) is 0 Å². The summed E-state index contributed by atoms with van der Waals surface area (Å²) in [5, 5.41) is 19.3. The maximum atomic E-state index is 11.3. The molecule has 0 amide bonds. The molecule has 0 aromatic carbocycles. The van der Waals surface area contributed by atoms with Crippen molar-refractivity contribution in [2.75, 3.05) is 10.6 Å². The summed E-state index contributed by atoms with van der Waals surface area (Å²) in [6, 6.07) is 3.50. The van der Waals surface area contributed by atoms with E-state index in [0.717, 1.165) is 0 Å². The minimum atomic E-state index is -0.541. The van der Waals surface area contributed by atoms with Crippen LogP contribution >= 0.6 is 11.3 Å². The van der Waals surface area contributed by atoms with Crippen LogP contribution < -0.4 is 10.6 Å². The van der Waals surface area contributed by atoms with Crippen LogP contribution in [-0.2, 0) is 6.54 Å². The second-order valence-electron chi connectivity index (χ2n) is 4.07. The van der Waals surface area contributed by atoms with Gasteiger partial charge in [-0.25, -0.2) is 15.0 Å². The Morgan fingerprint density at radius 3 is 2.86 bits per heavy atom. The highest BCUT2D eigenvalue weighted by atomic mass is 32.1. The normalized spacial score (nSPS) is 10.4. The summed E-state index contributed by atoms with van der Waals surface area (Å²) in [5.41, 5.74) is -0.246. The number of nitro groups is 1. The van der Waals surface area contributed by atoms with E-state index in [0.29, 0.717) is 10.9 Å². The lowest BCUT2D eigenvalue weighted by Crippen LogP contribution is -2.07. The summed E-state index contributed by atoms with van der Waals surface area (Å²) in [4.78, 5) is 22.7. The van der Waals surface area contributed by atoms with Gasteiger partial charge in [0.2, 0.25) is 11.6 Å². The molecule has 10 heteroatoms. The molecule has 9 nitrogen and oxygen atoms in total. The quantitative estimate of drug-likeness (QED) is 0.526. The zero-order valence-corrected chi connectivity index (χ0v) is 11.9. The van der Waals surface area contributed by atoms with E-state index in [2.05, 4.69) is 25.6 Å². The van der Waals surface area contributed by atoms with Crippen molar-refractivity contribution in [2.45, 2.75) is 6.54 Å². The van der Waals surface area contributed by atoms with Crippen molar-refractivity contribution in [3.8, 4) is 0 Å². The first-order valence-electron chi connectivity index (χ1n) is 6.16. The van der Waals surface area contributed by atoms with Crippen LogP contribution in [0.2, 0.25) is 0 Å². The van der Waals surface area contributed by atoms with Crippen LogP contribution in [0, 0.1) is 10.1 Å². The van der Waals surface area contributed by atoms with E-state index in [-0.39, 0.29) is 23.9 Å². The van der Waals surface area contributed by atoms with E-state index in [9.17, 15) is 10.1 Å².